The fourth-order valence-corrected chi connectivity index (χ4v) is 7.92. The van der Waals surface area contributed by atoms with E-state index in [0.29, 0.717) is 19.3 Å². The molecular weight excluding hydrogens is 853 g/mol. The van der Waals surface area contributed by atoms with Crippen LogP contribution >= 0.6 is 0 Å². The summed E-state index contributed by atoms with van der Waals surface area (Å²) in [6, 6.07) is 0. The molecule has 0 fully saturated rings. The summed E-state index contributed by atoms with van der Waals surface area (Å²) in [6.07, 6.45) is 74.2. The molecule has 0 aromatic heterocycles. The topological polar surface area (TPSA) is 78.9 Å². The van der Waals surface area contributed by atoms with Gasteiger partial charge in [0.2, 0.25) is 0 Å². The van der Waals surface area contributed by atoms with Gasteiger partial charge in [-0.3, -0.25) is 14.4 Å². The van der Waals surface area contributed by atoms with Crippen molar-refractivity contribution in [3.8, 4) is 0 Å². The Morgan fingerprint density at radius 2 is 0.522 bits per heavy atom. The first-order chi connectivity index (χ1) is 34.0. The fraction of sp³-hybridized carbons (Fsp3) is 0.730. The number of hydrogen-bond donors (Lipinski definition) is 0. The summed E-state index contributed by atoms with van der Waals surface area (Å²) in [4.78, 5) is 38.2. The first-order valence-corrected chi connectivity index (χ1v) is 29.1. The summed E-state index contributed by atoms with van der Waals surface area (Å²) >= 11 is 0. The second-order valence-corrected chi connectivity index (χ2v) is 19.2. The van der Waals surface area contributed by atoms with Crippen LogP contribution in [-0.2, 0) is 28.6 Å². The van der Waals surface area contributed by atoms with Gasteiger partial charge in [0.15, 0.2) is 6.10 Å². The standard InChI is InChI=1S/C63H108O6/c1-4-7-10-13-16-19-22-25-28-31-34-37-40-43-46-49-52-55-61(64)67-58-60(69-63(66)57-54-51-48-45-42-39-36-33-30-27-24-21-18-15-12-9-6-3)59-68-62(65)56-53-50-47-44-41-38-35-32-29-26-23-20-17-14-11-8-5-2/h16,18-19,21,25-30,34,36-37,39,60H,4-15,17,20,22-24,31-33,35,38,40-59H2,1-3H3/b19-16-,21-18-,28-25-,29-26-,30-27-,37-34-,39-36-/t60-/m0/s1. The number of unbranched alkanes of at least 4 members (excludes halogenated alkanes) is 27. The molecule has 0 saturated heterocycles. The van der Waals surface area contributed by atoms with Gasteiger partial charge < -0.3 is 14.2 Å². The molecule has 0 amide bonds. The van der Waals surface area contributed by atoms with Crippen LogP contribution in [-0.4, -0.2) is 37.2 Å². The van der Waals surface area contributed by atoms with Crippen molar-refractivity contribution < 1.29 is 28.6 Å². The Morgan fingerprint density at radius 1 is 0.290 bits per heavy atom. The van der Waals surface area contributed by atoms with E-state index >= 15 is 0 Å². The lowest BCUT2D eigenvalue weighted by Crippen LogP contribution is -2.30. The van der Waals surface area contributed by atoms with Crippen LogP contribution < -0.4 is 0 Å². The predicted molar refractivity (Wildman–Crippen MR) is 297 cm³/mol. The van der Waals surface area contributed by atoms with Crippen molar-refractivity contribution >= 4 is 17.9 Å². The Labute approximate surface area is 426 Å². The highest BCUT2D eigenvalue weighted by Gasteiger charge is 2.19. The lowest BCUT2D eigenvalue weighted by Gasteiger charge is -2.18. The number of carbonyl (C=O) groups excluding carboxylic acids is 3. The number of ether oxygens (including phenoxy) is 3. The molecule has 0 spiro atoms. The van der Waals surface area contributed by atoms with E-state index in [1.807, 2.05) is 0 Å². The molecular formula is C63H108O6. The molecule has 69 heavy (non-hydrogen) atoms. The summed E-state index contributed by atoms with van der Waals surface area (Å²) < 4.78 is 16.8. The third kappa shape index (κ3) is 55.4. The van der Waals surface area contributed by atoms with Crippen LogP contribution in [0.5, 0.6) is 0 Å². The minimum absolute atomic E-state index is 0.0952. The number of rotatable bonds is 52. The first-order valence-electron chi connectivity index (χ1n) is 29.1. The molecule has 0 unspecified atom stereocenters. The second-order valence-electron chi connectivity index (χ2n) is 19.2. The maximum Gasteiger partial charge on any atom is 0.306 e. The van der Waals surface area contributed by atoms with Gasteiger partial charge in [0, 0.05) is 19.3 Å². The minimum atomic E-state index is -0.801. The van der Waals surface area contributed by atoms with Gasteiger partial charge >= 0.3 is 17.9 Å². The van der Waals surface area contributed by atoms with Gasteiger partial charge in [0.25, 0.3) is 0 Å². The Morgan fingerprint density at radius 3 is 0.855 bits per heavy atom. The van der Waals surface area contributed by atoms with Crippen LogP contribution in [0.3, 0.4) is 0 Å². The zero-order valence-electron chi connectivity index (χ0n) is 45.3. The number of carbonyl (C=O) groups is 3. The third-order valence-corrected chi connectivity index (χ3v) is 12.3. The molecule has 0 N–H and O–H groups in total. The molecule has 0 aromatic rings. The average molecular weight is 962 g/mol. The van der Waals surface area contributed by atoms with Crippen molar-refractivity contribution in [2.24, 2.45) is 0 Å². The molecule has 396 valence electrons. The van der Waals surface area contributed by atoms with Crippen LogP contribution in [0.25, 0.3) is 0 Å². The van der Waals surface area contributed by atoms with Crippen molar-refractivity contribution in [2.45, 2.75) is 284 Å². The summed E-state index contributed by atoms with van der Waals surface area (Å²) in [6.45, 7) is 6.55. The first kappa shape index (κ1) is 65.6. The highest BCUT2D eigenvalue weighted by atomic mass is 16.6. The van der Waals surface area contributed by atoms with E-state index in [2.05, 4.69) is 106 Å². The Kier molecular flexibility index (Phi) is 54.3. The average Bonchev–Trinajstić information content (AvgIpc) is 3.35. The van der Waals surface area contributed by atoms with E-state index in [1.165, 1.54) is 128 Å². The zero-order chi connectivity index (χ0) is 50.0. The van der Waals surface area contributed by atoms with Crippen LogP contribution in [0.4, 0.5) is 0 Å². The molecule has 0 rings (SSSR count). The fourth-order valence-electron chi connectivity index (χ4n) is 7.92. The van der Waals surface area contributed by atoms with Gasteiger partial charge in [-0.15, -0.1) is 0 Å². The predicted octanol–water partition coefficient (Wildman–Crippen LogP) is 19.5. The molecule has 6 nitrogen and oxygen atoms in total. The molecule has 0 aromatic carbocycles. The van der Waals surface area contributed by atoms with Crippen molar-refractivity contribution in [3.63, 3.8) is 0 Å². The largest absolute Gasteiger partial charge is 0.462 e. The highest BCUT2D eigenvalue weighted by Crippen LogP contribution is 2.14. The number of allylic oxidation sites excluding steroid dienone is 14. The normalized spacial score (nSPS) is 12.7. The van der Waals surface area contributed by atoms with Gasteiger partial charge in [0.1, 0.15) is 13.2 Å². The summed E-state index contributed by atoms with van der Waals surface area (Å²) in [5.41, 5.74) is 0. The Balaban J connectivity index is 4.47. The maximum absolute atomic E-state index is 12.9. The van der Waals surface area contributed by atoms with Crippen molar-refractivity contribution in [3.05, 3.63) is 85.1 Å². The van der Waals surface area contributed by atoms with E-state index in [0.717, 1.165) is 109 Å². The third-order valence-electron chi connectivity index (χ3n) is 12.3. The van der Waals surface area contributed by atoms with Gasteiger partial charge in [0.05, 0.1) is 0 Å². The molecule has 0 radical (unpaired) electrons. The van der Waals surface area contributed by atoms with E-state index in [-0.39, 0.29) is 31.1 Å². The Hall–Kier alpha value is -3.41. The highest BCUT2D eigenvalue weighted by molar-refractivity contribution is 5.71. The molecule has 0 bridgehead atoms. The van der Waals surface area contributed by atoms with Crippen LogP contribution in [0, 0.1) is 0 Å². The molecule has 6 heteroatoms. The van der Waals surface area contributed by atoms with Crippen molar-refractivity contribution in [1.82, 2.24) is 0 Å². The van der Waals surface area contributed by atoms with Crippen LogP contribution in [0.2, 0.25) is 0 Å². The molecule has 1 atom stereocenters. The lowest BCUT2D eigenvalue weighted by atomic mass is 10.1. The molecule has 0 aliphatic rings. The van der Waals surface area contributed by atoms with Crippen molar-refractivity contribution in [1.29, 1.82) is 0 Å². The van der Waals surface area contributed by atoms with Gasteiger partial charge in [-0.2, -0.15) is 0 Å². The van der Waals surface area contributed by atoms with E-state index < -0.39 is 6.10 Å². The van der Waals surface area contributed by atoms with E-state index in [9.17, 15) is 14.4 Å². The van der Waals surface area contributed by atoms with E-state index in [1.54, 1.807) is 0 Å². The Bertz CT molecular complexity index is 1330. The molecule has 0 heterocycles. The summed E-state index contributed by atoms with van der Waals surface area (Å²) in [7, 11) is 0. The second kappa shape index (κ2) is 57.2. The summed E-state index contributed by atoms with van der Waals surface area (Å²) in [5.74, 6) is -0.938. The monoisotopic (exact) mass is 961 g/mol. The van der Waals surface area contributed by atoms with Crippen molar-refractivity contribution in [2.75, 3.05) is 13.2 Å². The van der Waals surface area contributed by atoms with E-state index in [4.69, 9.17) is 14.2 Å². The van der Waals surface area contributed by atoms with Crippen LogP contribution in [0.1, 0.15) is 278 Å². The van der Waals surface area contributed by atoms with Crippen LogP contribution in [0.15, 0.2) is 85.1 Å². The molecule has 0 aliphatic carbocycles. The SMILES string of the molecule is CCCCC/C=C\C/C=C\C/C=C\CCCCCCC(=O)OC[C@@H](COC(=O)CCCCCCCCC/C=C\CCCCCCCC)OC(=O)CCCCCC/C=C\C/C=C\C/C=C\CCCCC. The minimum Gasteiger partial charge on any atom is -0.462 e. The van der Waals surface area contributed by atoms with Gasteiger partial charge in [-0.05, 0) is 122 Å². The smallest absolute Gasteiger partial charge is 0.306 e. The maximum atomic E-state index is 12.9. The van der Waals surface area contributed by atoms with Gasteiger partial charge in [-0.25, -0.2) is 0 Å². The lowest BCUT2D eigenvalue weighted by molar-refractivity contribution is -0.167. The van der Waals surface area contributed by atoms with Gasteiger partial charge in [-0.1, -0.05) is 221 Å². The molecule has 0 saturated carbocycles. The zero-order valence-corrected chi connectivity index (χ0v) is 45.3. The number of hydrogen-bond acceptors (Lipinski definition) is 6. The summed E-state index contributed by atoms with van der Waals surface area (Å²) in [5, 5.41) is 0. The number of esters is 3. The quantitative estimate of drug-likeness (QED) is 0.0262. The molecule has 0 aliphatic heterocycles.